The molecule has 1 aliphatic rings. The Labute approximate surface area is 106 Å². The molecular weight excluding hydrogens is 236 g/mol. The molecule has 0 N–H and O–H groups in total. The molecule has 0 saturated carbocycles. The van der Waals surface area contributed by atoms with E-state index in [1.807, 2.05) is 18.7 Å². The first-order chi connectivity index (χ1) is 8.16. The lowest BCUT2D eigenvalue weighted by Gasteiger charge is -2.26. The summed E-state index contributed by atoms with van der Waals surface area (Å²) in [6.07, 6.45) is 3.51. The molecule has 0 aliphatic carbocycles. The SMILES string of the molecule is Cc1nc(SCC(=O)N2CCCCC2)oc1C. The second kappa shape index (κ2) is 5.58. The van der Waals surface area contributed by atoms with Crippen molar-refractivity contribution in [3.63, 3.8) is 0 Å². The Morgan fingerprint density at radius 1 is 1.35 bits per heavy atom. The van der Waals surface area contributed by atoms with Crippen LogP contribution in [0.1, 0.15) is 30.7 Å². The number of aryl methyl sites for hydroxylation is 2. The van der Waals surface area contributed by atoms with Crippen molar-refractivity contribution in [3.8, 4) is 0 Å². The van der Waals surface area contributed by atoms with Gasteiger partial charge < -0.3 is 9.32 Å². The number of piperidine rings is 1. The molecule has 4 nitrogen and oxygen atoms in total. The van der Waals surface area contributed by atoms with E-state index in [0.29, 0.717) is 11.0 Å². The smallest absolute Gasteiger partial charge is 0.256 e. The molecule has 1 aromatic heterocycles. The summed E-state index contributed by atoms with van der Waals surface area (Å²) in [6, 6.07) is 0. The molecule has 2 rings (SSSR count). The predicted octanol–water partition coefficient (Wildman–Crippen LogP) is 2.40. The Morgan fingerprint density at radius 3 is 2.65 bits per heavy atom. The summed E-state index contributed by atoms with van der Waals surface area (Å²) >= 11 is 1.39. The highest BCUT2D eigenvalue weighted by Crippen LogP contribution is 2.21. The fourth-order valence-corrected chi connectivity index (χ4v) is 2.68. The van der Waals surface area contributed by atoms with E-state index in [1.165, 1.54) is 18.2 Å². The minimum Gasteiger partial charge on any atom is -0.437 e. The normalized spacial score (nSPS) is 16.2. The minimum absolute atomic E-state index is 0.197. The van der Waals surface area contributed by atoms with E-state index in [1.54, 1.807) is 0 Å². The number of aromatic nitrogens is 1. The fraction of sp³-hybridized carbons (Fsp3) is 0.667. The number of oxazole rings is 1. The molecule has 94 valence electrons. The number of thioether (sulfide) groups is 1. The highest BCUT2D eigenvalue weighted by Gasteiger charge is 2.17. The van der Waals surface area contributed by atoms with Gasteiger partial charge in [0.2, 0.25) is 5.91 Å². The first-order valence-electron chi connectivity index (χ1n) is 6.01. The second-order valence-electron chi connectivity index (χ2n) is 4.35. The monoisotopic (exact) mass is 254 g/mol. The van der Waals surface area contributed by atoms with E-state index in [0.717, 1.165) is 37.4 Å². The van der Waals surface area contributed by atoms with Crippen molar-refractivity contribution >= 4 is 17.7 Å². The van der Waals surface area contributed by atoms with Gasteiger partial charge >= 0.3 is 0 Å². The van der Waals surface area contributed by atoms with Crippen LogP contribution >= 0.6 is 11.8 Å². The maximum absolute atomic E-state index is 11.9. The zero-order valence-electron chi connectivity index (χ0n) is 10.4. The van der Waals surface area contributed by atoms with Gasteiger partial charge in [-0.15, -0.1) is 0 Å². The maximum atomic E-state index is 11.9. The van der Waals surface area contributed by atoms with Gasteiger partial charge in [0.05, 0.1) is 11.4 Å². The fourth-order valence-electron chi connectivity index (χ4n) is 1.86. The molecular formula is C12H18N2O2S. The van der Waals surface area contributed by atoms with Crippen LogP contribution < -0.4 is 0 Å². The van der Waals surface area contributed by atoms with Gasteiger partial charge in [-0.1, -0.05) is 11.8 Å². The first-order valence-corrected chi connectivity index (χ1v) is 7.00. The van der Waals surface area contributed by atoms with Crippen molar-refractivity contribution in [1.29, 1.82) is 0 Å². The standard InChI is InChI=1S/C12H18N2O2S/c1-9-10(2)16-12(13-9)17-8-11(15)14-6-4-3-5-7-14/h3-8H2,1-2H3. The van der Waals surface area contributed by atoms with E-state index >= 15 is 0 Å². The van der Waals surface area contributed by atoms with Gasteiger partial charge in [-0.3, -0.25) is 4.79 Å². The molecule has 1 fully saturated rings. The molecule has 0 aromatic carbocycles. The Morgan fingerprint density at radius 2 is 2.06 bits per heavy atom. The second-order valence-corrected chi connectivity index (χ2v) is 5.28. The van der Waals surface area contributed by atoms with E-state index in [-0.39, 0.29) is 5.91 Å². The van der Waals surface area contributed by atoms with E-state index in [4.69, 9.17) is 4.42 Å². The van der Waals surface area contributed by atoms with Gasteiger partial charge in [0.25, 0.3) is 5.22 Å². The molecule has 1 amide bonds. The molecule has 0 unspecified atom stereocenters. The number of likely N-dealkylation sites (tertiary alicyclic amines) is 1. The van der Waals surface area contributed by atoms with Gasteiger partial charge in [-0.05, 0) is 33.1 Å². The van der Waals surface area contributed by atoms with Crippen molar-refractivity contribution in [2.75, 3.05) is 18.8 Å². The van der Waals surface area contributed by atoms with Crippen LogP contribution in [0.2, 0.25) is 0 Å². The number of carbonyl (C=O) groups is 1. The summed E-state index contributed by atoms with van der Waals surface area (Å²) in [4.78, 5) is 18.1. The van der Waals surface area contributed by atoms with E-state index in [2.05, 4.69) is 4.98 Å². The van der Waals surface area contributed by atoms with Crippen LogP contribution in [0.25, 0.3) is 0 Å². The Balaban J connectivity index is 1.83. The van der Waals surface area contributed by atoms with Gasteiger partial charge in [-0.2, -0.15) is 0 Å². The average molecular weight is 254 g/mol. The summed E-state index contributed by atoms with van der Waals surface area (Å²) in [7, 11) is 0. The summed E-state index contributed by atoms with van der Waals surface area (Å²) in [5, 5.41) is 0.602. The number of hydrogen-bond donors (Lipinski definition) is 0. The van der Waals surface area contributed by atoms with Crippen molar-refractivity contribution in [3.05, 3.63) is 11.5 Å². The summed E-state index contributed by atoms with van der Waals surface area (Å²) in [6.45, 7) is 5.61. The molecule has 1 saturated heterocycles. The molecule has 0 spiro atoms. The molecule has 0 atom stereocenters. The maximum Gasteiger partial charge on any atom is 0.256 e. The lowest BCUT2D eigenvalue weighted by atomic mass is 10.1. The van der Waals surface area contributed by atoms with Crippen LogP contribution in [0.4, 0.5) is 0 Å². The molecule has 5 heteroatoms. The van der Waals surface area contributed by atoms with Crippen molar-refractivity contribution in [2.24, 2.45) is 0 Å². The number of carbonyl (C=O) groups excluding carboxylic acids is 1. The van der Waals surface area contributed by atoms with Crippen LogP contribution in [-0.4, -0.2) is 34.6 Å². The largest absolute Gasteiger partial charge is 0.437 e. The minimum atomic E-state index is 0.197. The van der Waals surface area contributed by atoms with Gasteiger partial charge in [0.15, 0.2) is 0 Å². The summed E-state index contributed by atoms with van der Waals surface area (Å²) < 4.78 is 5.43. The number of nitrogens with zero attached hydrogens (tertiary/aromatic N) is 2. The molecule has 17 heavy (non-hydrogen) atoms. The quantitative estimate of drug-likeness (QED) is 0.777. The Hall–Kier alpha value is -0.970. The number of amides is 1. The van der Waals surface area contributed by atoms with Crippen LogP contribution in [0, 0.1) is 13.8 Å². The molecule has 2 heterocycles. The Bertz CT molecular complexity index is 378. The van der Waals surface area contributed by atoms with Crippen LogP contribution in [0.5, 0.6) is 0 Å². The number of hydrogen-bond acceptors (Lipinski definition) is 4. The van der Waals surface area contributed by atoms with Crippen LogP contribution in [-0.2, 0) is 4.79 Å². The van der Waals surface area contributed by atoms with E-state index in [9.17, 15) is 4.79 Å². The third-order valence-corrected chi connectivity index (χ3v) is 3.85. The first kappa shape index (κ1) is 12.5. The third-order valence-electron chi connectivity index (χ3n) is 3.04. The molecule has 1 aromatic rings. The lowest BCUT2D eigenvalue weighted by Crippen LogP contribution is -2.36. The topological polar surface area (TPSA) is 46.3 Å². The zero-order chi connectivity index (χ0) is 12.3. The van der Waals surface area contributed by atoms with Gasteiger partial charge in [-0.25, -0.2) is 4.98 Å². The zero-order valence-corrected chi connectivity index (χ0v) is 11.2. The van der Waals surface area contributed by atoms with Crippen LogP contribution in [0.15, 0.2) is 9.64 Å². The third kappa shape index (κ3) is 3.25. The van der Waals surface area contributed by atoms with Gasteiger partial charge in [0, 0.05) is 13.1 Å². The molecule has 0 bridgehead atoms. The van der Waals surface area contributed by atoms with Crippen molar-refractivity contribution in [2.45, 2.75) is 38.3 Å². The summed E-state index contributed by atoms with van der Waals surface area (Å²) in [5.41, 5.74) is 0.901. The average Bonchev–Trinajstić information content (AvgIpc) is 2.67. The highest BCUT2D eigenvalue weighted by atomic mass is 32.2. The van der Waals surface area contributed by atoms with E-state index < -0.39 is 0 Å². The Kier molecular flexibility index (Phi) is 4.10. The predicted molar refractivity (Wildman–Crippen MR) is 67.1 cm³/mol. The lowest BCUT2D eigenvalue weighted by molar-refractivity contribution is -0.129. The number of rotatable bonds is 3. The highest BCUT2D eigenvalue weighted by molar-refractivity contribution is 7.99. The van der Waals surface area contributed by atoms with Crippen molar-refractivity contribution in [1.82, 2.24) is 9.88 Å². The van der Waals surface area contributed by atoms with Crippen LogP contribution in [0.3, 0.4) is 0 Å². The molecule has 0 radical (unpaired) electrons. The summed E-state index contributed by atoms with van der Waals surface area (Å²) in [5.74, 6) is 1.46. The molecule has 1 aliphatic heterocycles. The van der Waals surface area contributed by atoms with Crippen molar-refractivity contribution < 1.29 is 9.21 Å². The van der Waals surface area contributed by atoms with Gasteiger partial charge in [0.1, 0.15) is 5.76 Å².